The number of aryl methyl sites for hydroxylation is 1. The fourth-order valence-corrected chi connectivity index (χ4v) is 5.63. The number of anilines is 2. The number of methoxy groups -OCH3 is 1. The highest BCUT2D eigenvalue weighted by atomic mass is 32.2. The topological polar surface area (TPSA) is 128 Å². The maximum atomic E-state index is 13.3. The number of hydrogen-bond donors (Lipinski definition) is 2. The minimum Gasteiger partial charge on any atom is -0.496 e. The average molecular weight is 532 g/mol. The first-order chi connectivity index (χ1) is 18.3. The Morgan fingerprint density at radius 3 is 2.42 bits per heavy atom. The predicted octanol–water partition coefficient (Wildman–Crippen LogP) is 4.63. The summed E-state index contributed by atoms with van der Waals surface area (Å²) >= 11 is 0. The molecule has 2 heterocycles. The highest BCUT2D eigenvalue weighted by molar-refractivity contribution is 7.89. The van der Waals surface area contributed by atoms with Crippen molar-refractivity contribution >= 4 is 38.2 Å². The molecule has 0 bridgehead atoms. The lowest BCUT2D eigenvalue weighted by Crippen LogP contribution is -2.35. The van der Waals surface area contributed by atoms with Gasteiger partial charge in [-0.3, -0.25) is 4.79 Å². The molecule has 3 N–H and O–H groups in total. The Labute approximate surface area is 221 Å². The molecular weight excluding hydrogens is 502 g/mol. The number of amides is 1. The Morgan fingerprint density at radius 1 is 0.974 bits per heavy atom. The van der Waals surface area contributed by atoms with E-state index >= 15 is 0 Å². The van der Waals surface area contributed by atoms with Crippen molar-refractivity contribution < 1.29 is 17.9 Å². The summed E-state index contributed by atoms with van der Waals surface area (Å²) in [7, 11) is -2.34. The zero-order valence-electron chi connectivity index (χ0n) is 21.3. The number of carbonyl (C=O) groups excluding carboxylic acids is 1. The van der Waals surface area contributed by atoms with Gasteiger partial charge in [-0.2, -0.15) is 0 Å². The summed E-state index contributed by atoms with van der Waals surface area (Å²) in [5.74, 6) is 0.966. The van der Waals surface area contributed by atoms with E-state index in [4.69, 9.17) is 9.88 Å². The van der Waals surface area contributed by atoms with E-state index in [2.05, 4.69) is 15.5 Å². The molecule has 1 aromatic heterocycles. The van der Waals surface area contributed by atoms with Crippen LogP contribution >= 0.6 is 0 Å². The highest BCUT2D eigenvalue weighted by Gasteiger charge is 2.22. The maximum absolute atomic E-state index is 13.3. The Balaban J connectivity index is 1.53. The molecule has 0 atom stereocenters. The number of rotatable bonds is 6. The number of aromatic nitrogens is 2. The molecule has 1 aliphatic rings. The molecule has 5 rings (SSSR count). The second-order valence-electron chi connectivity index (χ2n) is 9.36. The van der Waals surface area contributed by atoms with Crippen LogP contribution in [0.1, 0.15) is 35.2 Å². The van der Waals surface area contributed by atoms with Gasteiger partial charge >= 0.3 is 0 Å². The third-order valence-corrected chi connectivity index (χ3v) is 7.84. The van der Waals surface area contributed by atoms with Gasteiger partial charge in [0.15, 0.2) is 5.82 Å². The first-order valence-corrected chi connectivity index (χ1v) is 13.9. The number of fused-ring (bicyclic) bond motifs is 1. The van der Waals surface area contributed by atoms with Crippen molar-refractivity contribution in [1.29, 1.82) is 0 Å². The van der Waals surface area contributed by atoms with Crippen LogP contribution < -0.4 is 15.2 Å². The number of primary sulfonamides is 1. The van der Waals surface area contributed by atoms with Crippen LogP contribution in [0.4, 0.5) is 11.5 Å². The Kier molecular flexibility index (Phi) is 7.00. The second-order valence-corrected chi connectivity index (χ2v) is 10.9. The van der Waals surface area contributed by atoms with Crippen molar-refractivity contribution in [3.63, 3.8) is 0 Å². The number of hydrogen-bond acceptors (Lipinski definition) is 7. The third kappa shape index (κ3) is 5.05. The number of nitrogens with one attached hydrogen (secondary N) is 1. The van der Waals surface area contributed by atoms with Crippen molar-refractivity contribution in [3.8, 4) is 17.0 Å². The van der Waals surface area contributed by atoms with Crippen LogP contribution in [0.25, 0.3) is 22.0 Å². The monoisotopic (exact) mass is 531 g/mol. The smallest absolute Gasteiger partial charge is 0.257 e. The number of benzene rings is 3. The first-order valence-electron chi connectivity index (χ1n) is 12.4. The van der Waals surface area contributed by atoms with Crippen LogP contribution in [-0.4, -0.2) is 49.6 Å². The molecule has 0 spiro atoms. The van der Waals surface area contributed by atoms with Crippen molar-refractivity contribution in [3.05, 3.63) is 71.8 Å². The fourth-order valence-electron chi connectivity index (χ4n) is 4.82. The lowest BCUT2D eigenvalue weighted by molar-refractivity contribution is 0.0721. The summed E-state index contributed by atoms with van der Waals surface area (Å²) in [6.07, 6.45) is 3.13. The third-order valence-electron chi connectivity index (χ3n) is 6.79. The second kappa shape index (κ2) is 10.4. The van der Waals surface area contributed by atoms with Gasteiger partial charge in [0.05, 0.1) is 17.6 Å². The van der Waals surface area contributed by atoms with Gasteiger partial charge in [-0.25, -0.2) is 13.6 Å². The Morgan fingerprint density at radius 2 is 1.71 bits per heavy atom. The Bertz CT molecular complexity index is 1630. The van der Waals surface area contributed by atoms with Gasteiger partial charge in [-0.1, -0.05) is 36.4 Å². The summed E-state index contributed by atoms with van der Waals surface area (Å²) in [4.78, 5) is 15.2. The molecule has 196 valence electrons. The van der Waals surface area contributed by atoms with Gasteiger partial charge in [0.2, 0.25) is 10.0 Å². The van der Waals surface area contributed by atoms with Crippen LogP contribution in [0.15, 0.2) is 65.6 Å². The quantitative estimate of drug-likeness (QED) is 0.371. The number of piperidine rings is 1. The molecule has 0 saturated carbocycles. The van der Waals surface area contributed by atoms with E-state index in [1.807, 2.05) is 35.2 Å². The van der Waals surface area contributed by atoms with E-state index in [-0.39, 0.29) is 10.8 Å². The number of ether oxygens (including phenoxy) is 1. The maximum Gasteiger partial charge on any atom is 0.257 e. The van der Waals surface area contributed by atoms with Crippen molar-refractivity contribution in [1.82, 2.24) is 15.1 Å². The molecule has 0 unspecified atom stereocenters. The van der Waals surface area contributed by atoms with E-state index < -0.39 is 10.0 Å². The predicted molar refractivity (Wildman–Crippen MR) is 147 cm³/mol. The van der Waals surface area contributed by atoms with Crippen LogP contribution in [0.2, 0.25) is 0 Å². The normalized spacial score (nSPS) is 13.9. The summed E-state index contributed by atoms with van der Waals surface area (Å²) in [5.41, 5.74) is 2.84. The van der Waals surface area contributed by atoms with Crippen molar-refractivity contribution in [2.45, 2.75) is 31.1 Å². The number of nitrogens with zero attached hydrogens (tertiary/aromatic N) is 3. The molecule has 0 radical (unpaired) electrons. The van der Waals surface area contributed by atoms with E-state index in [1.54, 1.807) is 38.3 Å². The van der Waals surface area contributed by atoms with Crippen LogP contribution in [0.3, 0.4) is 0 Å². The van der Waals surface area contributed by atoms with Gasteiger partial charge in [0.25, 0.3) is 5.91 Å². The lowest BCUT2D eigenvalue weighted by Gasteiger charge is -2.27. The summed E-state index contributed by atoms with van der Waals surface area (Å²) in [6, 6.07) is 18.0. The molecule has 4 aromatic rings. The van der Waals surface area contributed by atoms with Crippen LogP contribution in [-0.2, 0) is 10.0 Å². The fraction of sp³-hybridized carbons (Fsp3) is 0.250. The van der Waals surface area contributed by atoms with E-state index in [0.29, 0.717) is 39.6 Å². The Hall–Kier alpha value is -4.02. The number of nitrogens with two attached hydrogens (primary N) is 1. The van der Waals surface area contributed by atoms with Crippen molar-refractivity contribution in [2.75, 3.05) is 25.5 Å². The van der Waals surface area contributed by atoms with Crippen LogP contribution in [0, 0.1) is 6.92 Å². The summed E-state index contributed by atoms with van der Waals surface area (Å²) in [6.45, 7) is 3.17. The van der Waals surface area contributed by atoms with E-state index in [1.165, 1.54) is 6.07 Å². The average Bonchev–Trinajstić information content (AvgIpc) is 2.93. The molecule has 1 amide bonds. The van der Waals surface area contributed by atoms with E-state index in [0.717, 1.165) is 43.1 Å². The lowest BCUT2D eigenvalue weighted by atomic mass is 10.0. The van der Waals surface area contributed by atoms with Crippen molar-refractivity contribution in [2.24, 2.45) is 5.14 Å². The zero-order chi connectivity index (χ0) is 26.9. The first kappa shape index (κ1) is 25.6. The summed E-state index contributed by atoms with van der Waals surface area (Å²) in [5, 5.41) is 19.2. The molecule has 0 aliphatic carbocycles. The molecule has 1 saturated heterocycles. The summed E-state index contributed by atoms with van der Waals surface area (Å²) < 4.78 is 29.6. The molecule has 10 heteroatoms. The van der Waals surface area contributed by atoms with Gasteiger partial charge in [-0.15, -0.1) is 10.2 Å². The molecule has 38 heavy (non-hydrogen) atoms. The van der Waals surface area contributed by atoms with Gasteiger partial charge in [0, 0.05) is 35.1 Å². The minimum atomic E-state index is -3.89. The number of sulfonamides is 1. The highest BCUT2D eigenvalue weighted by Crippen LogP contribution is 2.33. The standard InChI is InChI=1S/C28H29N5O4S/c1-18-10-11-19(16-25(18)38(29,35)36)26-21-8-4-5-9-22(21)27(32-31-26)30-20-12-13-24(37-2)23(17-20)28(34)33-14-6-3-7-15-33/h4-5,8-13,16-17H,3,6-7,14-15H2,1-2H3,(H,30,32)(H2,29,35,36). The molecule has 1 aliphatic heterocycles. The van der Waals surface area contributed by atoms with Gasteiger partial charge in [0.1, 0.15) is 11.4 Å². The molecule has 1 fully saturated rings. The SMILES string of the molecule is COc1ccc(Nc2nnc(-c3ccc(C)c(S(N)(=O)=O)c3)c3ccccc23)cc1C(=O)N1CCCCC1. The zero-order valence-corrected chi connectivity index (χ0v) is 22.1. The van der Waals surface area contributed by atoms with E-state index in [9.17, 15) is 13.2 Å². The molecular formula is C28H29N5O4S. The minimum absolute atomic E-state index is 0.0483. The largest absolute Gasteiger partial charge is 0.496 e. The molecule has 3 aromatic carbocycles. The van der Waals surface area contributed by atoms with Gasteiger partial charge in [-0.05, 0) is 56.0 Å². The van der Waals surface area contributed by atoms with Gasteiger partial charge < -0.3 is 15.0 Å². The molecule has 9 nitrogen and oxygen atoms in total. The number of likely N-dealkylation sites (tertiary alicyclic amines) is 1. The number of carbonyl (C=O) groups is 1. The van der Waals surface area contributed by atoms with Crippen LogP contribution in [0.5, 0.6) is 5.75 Å².